The molecule has 112 valence electrons. The summed E-state index contributed by atoms with van der Waals surface area (Å²) < 4.78 is 1.66. The van der Waals surface area contributed by atoms with E-state index in [-0.39, 0.29) is 5.91 Å². The lowest BCUT2D eigenvalue weighted by Crippen LogP contribution is -2.40. The molecule has 1 aliphatic rings. The van der Waals surface area contributed by atoms with Crippen LogP contribution in [-0.4, -0.2) is 21.7 Å². The molecule has 0 radical (unpaired) electrons. The Morgan fingerprint density at radius 1 is 1.30 bits per heavy atom. The number of amides is 1. The fourth-order valence-electron chi connectivity index (χ4n) is 3.19. The molecular formula is C16H27N3O. The van der Waals surface area contributed by atoms with Gasteiger partial charge in [0.1, 0.15) is 5.69 Å². The number of nitrogens with one attached hydrogen (secondary N) is 1. The zero-order chi connectivity index (χ0) is 14.9. The zero-order valence-corrected chi connectivity index (χ0v) is 13.4. The van der Waals surface area contributed by atoms with E-state index in [1.54, 1.807) is 4.68 Å². The fourth-order valence-corrected chi connectivity index (χ4v) is 3.19. The molecule has 1 N–H and O–H groups in total. The first-order valence-electron chi connectivity index (χ1n) is 7.59. The molecule has 20 heavy (non-hydrogen) atoms. The van der Waals surface area contributed by atoms with E-state index in [9.17, 15) is 4.79 Å². The predicted octanol–water partition coefficient (Wildman–Crippen LogP) is 3.06. The topological polar surface area (TPSA) is 46.9 Å². The van der Waals surface area contributed by atoms with Gasteiger partial charge in [0.15, 0.2) is 0 Å². The predicted molar refractivity (Wildman–Crippen MR) is 80.6 cm³/mol. The second-order valence-electron chi connectivity index (χ2n) is 7.18. The number of aromatic nitrogens is 2. The highest BCUT2D eigenvalue weighted by Gasteiger charge is 2.30. The number of carbonyl (C=O) groups excluding carboxylic acids is 1. The highest BCUT2D eigenvalue weighted by atomic mass is 16.2. The molecule has 1 aliphatic carbocycles. The van der Waals surface area contributed by atoms with Crippen LogP contribution in [0.3, 0.4) is 0 Å². The van der Waals surface area contributed by atoms with Crippen molar-refractivity contribution in [1.29, 1.82) is 0 Å². The van der Waals surface area contributed by atoms with E-state index in [0.29, 0.717) is 17.2 Å². The maximum absolute atomic E-state index is 12.3. The summed E-state index contributed by atoms with van der Waals surface area (Å²) in [6.45, 7) is 8.85. The second-order valence-corrected chi connectivity index (χ2v) is 7.18. The number of carbonyl (C=O) groups is 1. The van der Waals surface area contributed by atoms with Crippen LogP contribution in [0.4, 0.5) is 0 Å². The van der Waals surface area contributed by atoms with E-state index in [0.717, 1.165) is 24.5 Å². The Hall–Kier alpha value is -1.32. The molecule has 1 fully saturated rings. The third-order valence-electron chi connectivity index (χ3n) is 4.52. The van der Waals surface area contributed by atoms with Crippen molar-refractivity contribution in [1.82, 2.24) is 15.1 Å². The van der Waals surface area contributed by atoms with Crippen LogP contribution in [0.5, 0.6) is 0 Å². The Balaban J connectivity index is 1.90. The Morgan fingerprint density at radius 3 is 2.35 bits per heavy atom. The van der Waals surface area contributed by atoms with E-state index in [1.165, 1.54) is 12.8 Å². The molecule has 1 saturated carbocycles. The van der Waals surface area contributed by atoms with Gasteiger partial charge in [-0.05, 0) is 50.0 Å². The molecule has 1 aromatic heterocycles. The van der Waals surface area contributed by atoms with Gasteiger partial charge in [0.2, 0.25) is 0 Å². The molecule has 0 aliphatic heterocycles. The van der Waals surface area contributed by atoms with Crippen LogP contribution in [-0.2, 0) is 7.05 Å². The van der Waals surface area contributed by atoms with Crippen LogP contribution in [0, 0.1) is 18.3 Å². The first kappa shape index (κ1) is 15.1. The smallest absolute Gasteiger partial charge is 0.269 e. The van der Waals surface area contributed by atoms with Crippen molar-refractivity contribution in [2.45, 2.75) is 59.4 Å². The van der Waals surface area contributed by atoms with Crippen LogP contribution < -0.4 is 5.32 Å². The lowest BCUT2D eigenvalue weighted by atomic mass is 9.71. The van der Waals surface area contributed by atoms with Crippen molar-refractivity contribution in [3.05, 3.63) is 17.5 Å². The summed E-state index contributed by atoms with van der Waals surface area (Å²) in [4.78, 5) is 12.3. The summed E-state index contributed by atoms with van der Waals surface area (Å²) >= 11 is 0. The minimum Gasteiger partial charge on any atom is -0.348 e. The lowest BCUT2D eigenvalue weighted by molar-refractivity contribution is 0.0894. The van der Waals surface area contributed by atoms with E-state index in [1.807, 2.05) is 20.0 Å². The molecule has 0 aromatic carbocycles. The van der Waals surface area contributed by atoms with Crippen LogP contribution >= 0.6 is 0 Å². The number of aryl methyl sites for hydroxylation is 2. The Kier molecular flexibility index (Phi) is 4.21. The SMILES string of the molecule is Cc1cc(C(=O)NC2CCC(C(C)(C)C)CC2)n(C)n1. The van der Waals surface area contributed by atoms with Gasteiger partial charge in [-0.25, -0.2) is 0 Å². The van der Waals surface area contributed by atoms with Crippen LogP contribution in [0.1, 0.15) is 62.6 Å². The molecule has 1 aromatic rings. The Labute approximate surface area is 121 Å². The van der Waals surface area contributed by atoms with Gasteiger partial charge in [-0.2, -0.15) is 5.10 Å². The molecule has 0 spiro atoms. The highest BCUT2D eigenvalue weighted by molar-refractivity contribution is 5.92. The maximum Gasteiger partial charge on any atom is 0.269 e. The lowest BCUT2D eigenvalue weighted by Gasteiger charge is -2.37. The summed E-state index contributed by atoms with van der Waals surface area (Å²) in [6, 6.07) is 2.16. The van der Waals surface area contributed by atoms with Crippen molar-refractivity contribution in [2.75, 3.05) is 0 Å². The van der Waals surface area contributed by atoms with Crippen molar-refractivity contribution < 1.29 is 4.79 Å². The number of hydrogen-bond donors (Lipinski definition) is 1. The van der Waals surface area contributed by atoms with Gasteiger partial charge in [-0.1, -0.05) is 20.8 Å². The fraction of sp³-hybridized carbons (Fsp3) is 0.750. The normalized spacial score (nSPS) is 23.6. The van der Waals surface area contributed by atoms with Crippen LogP contribution in [0.2, 0.25) is 0 Å². The summed E-state index contributed by atoms with van der Waals surface area (Å²) in [6.07, 6.45) is 4.59. The molecule has 0 bridgehead atoms. The quantitative estimate of drug-likeness (QED) is 0.903. The van der Waals surface area contributed by atoms with Crippen LogP contribution in [0.15, 0.2) is 6.07 Å². The van der Waals surface area contributed by atoms with Gasteiger partial charge in [-0.3, -0.25) is 9.48 Å². The van der Waals surface area contributed by atoms with Gasteiger partial charge in [-0.15, -0.1) is 0 Å². The average Bonchev–Trinajstić information content (AvgIpc) is 2.68. The zero-order valence-electron chi connectivity index (χ0n) is 13.4. The molecule has 0 atom stereocenters. The highest BCUT2D eigenvalue weighted by Crippen LogP contribution is 2.37. The Morgan fingerprint density at radius 2 is 1.90 bits per heavy atom. The van der Waals surface area contributed by atoms with Crippen molar-refractivity contribution in [2.24, 2.45) is 18.4 Å². The third kappa shape index (κ3) is 3.41. The van der Waals surface area contributed by atoms with Crippen LogP contribution in [0.25, 0.3) is 0 Å². The molecule has 1 amide bonds. The average molecular weight is 277 g/mol. The minimum absolute atomic E-state index is 0.00677. The van der Waals surface area contributed by atoms with E-state index < -0.39 is 0 Å². The summed E-state index contributed by atoms with van der Waals surface area (Å²) in [5.74, 6) is 0.780. The van der Waals surface area contributed by atoms with E-state index in [4.69, 9.17) is 0 Å². The molecular weight excluding hydrogens is 250 g/mol. The molecule has 4 nitrogen and oxygen atoms in total. The summed E-state index contributed by atoms with van der Waals surface area (Å²) in [5.41, 5.74) is 1.92. The van der Waals surface area contributed by atoms with Gasteiger partial charge in [0, 0.05) is 13.1 Å². The van der Waals surface area contributed by atoms with Gasteiger partial charge < -0.3 is 5.32 Å². The maximum atomic E-state index is 12.3. The molecule has 0 unspecified atom stereocenters. The van der Waals surface area contributed by atoms with Crippen molar-refractivity contribution >= 4 is 5.91 Å². The Bertz CT molecular complexity index is 476. The van der Waals surface area contributed by atoms with Gasteiger partial charge in [0.25, 0.3) is 5.91 Å². The van der Waals surface area contributed by atoms with Crippen molar-refractivity contribution in [3.63, 3.8) is 0 Å². The molecule has 0 saturated heterocycles. The number of nitrogens with zero attached hydrogens (tertiary/aromatic N) is 2. The third-order valence-corrected chi connectivity index (χ3v) is 4.52. The monoisotopic (exact) mass is 277 g/mol. The largest absolute Gasteiger partial charge is 0.348 e. The van der Waals surface area contributed by atoms with Crippen molar-refractivity contribution in [3.8, 4) is 0 Å². The number of hydrogen-bond acceptors (Lipinski definition) is 2. The van der Waals surface area contributed by atoms with E-state index >= 15 is 0 Å². The summed E-state index contributed by atoms with van der Waals surface area (Å²) in [7, 11) is 1.82. The standard InChI is InChI=1S/C16H27N3O/c1-11-10-14(19(5)18-11)15(20)17-13-8-6-12(7-9-13)16(2,3)4/h10,12-13H,6-9H2,1-5H3,(H,17,20). The number of rotatable bonds is 2. The first-order valence-corrected chi connectivity index (χ1v) is 7.59. The minimum atomic E-state index is 0.00677. The molecule has 2 rings (SSSR count). The molecule has 4 heteroatoms. The first-order chi connectivity index (χ1) is 9.27. The summed E-state index contributed by atoms with van der Waals surface area (Å²) in [5, 5.41) is 7.39. The second kappa shape index (κ2) is 5.58. The molecule has 1 heterocycles. The van der Waals surface area contributed by atoms with Gasteiger partial charge >= 0.3 is 0 Å². The van der Waals surface area contributed by atoms with E-state index in [2.05, 4.69) is 31.2 Å². The van der Waals surface area contributed by atoms with Gasteiger partial charge in [0.05, 0.1) is 5.69 Å².